The van der Waals surface area contributed by atoms with E-state index < -0.39 is 34.4 Å². The van der Waals surface area contributed by atoms with Crippen molar-refractivity contribution in [1.82, 2.24) is 14.5 Å². The molecule has 0 fully saturated rings. The molecule has 1 atom stereocenters. The summed E-state index contributed by atoms with van der Waals surface area (Å²) in [5.41, 5.74) is 0. The molecule has 0 aliphatic heterocycles. The van der Waals surface area contributed by atoms with Crippen LogP contribution >= 0.6 is 0 Å². The van der Waals surface area contributed by atoms with Gasteiger partial charge in [0.05, 0.1) is 6.20 Å². The van der Waals surface area contributed by atoms with Gasteiger partial charge in [0, 0.05) is 13.5 Å². The highest BCUT2D eigenvalue weighted by Crippen LogP contribution is 2.09. The van der Waals surface area contributed by atoms with Gasteiger partial charge in [0.2, 0.25) is 0 Å². The van der Waals surface area contributed by atoms with Crippen LogP contribution in [0.5, 0.6) is 0 Å². The highest BCUT2D eigenvalue weighted by atomic mass is 32.2. The summed E-state index contributed by atoms with van der Waals surface area (Å²) in [7, 11) is -2.67. The summed E-state index contributed by atoms with van der Waals surface area (Å²) in [6, 6.07) is -0.297. The van der Waals surface area contributed by atoms with Gasteiger partial charge < -0.3 is 10.2 Å². The Morgan fingerprint density at radius 3 is 2.53 bits per heavy atom. The van der Waals surface area contributed by atoms with E-state index in [1.165, 1.54) is 19.3 Å². The molecule has 0 saturated heterocycles. The van der Waals surface area contributed by atoms with E-state index in [1.807, 2.05) is 4.72 Å². The second-order valence-electron chi connectivity index (χ2n) is 3.74. The van der Waals surface area contributed by atoms with E-state index in [0.717, 1.165) is 4.68 Å². The van der Waals surface area contributed by atoms with Gasteiger partial charge in [0.15, 0.2) is 5.03 Å². The Morgan fingerprint density at radius 2 is 2.11 bits per heavy atom. The van der Waals surface area contributed by atoms with Crippen LogP contribution in [-0.2, 0) is 26.7 Å². The van der Waals surface area contributed by atoms with E-state index in [4.69, 9.17) is 10.2 Å². The standard InChI is InChI=1S/C9H13N3O6S/c1-12-7(4-5-10-12)19(17,18)11-6(9(15)16)2-3-8(13)14/h4-6,11H,2-3H2,1H3,(H,13,14)(H,15,16). The summed E-state index contributed by atoms with van der Waals surface area (Å²) in [6.07, 6.45) is 0.453. The average Bonchev–Trinajstić information content (AvgIpc) is 2.70. The first-order valence-corrected chi connectivity index (χ1v) is 6.67. The number of carboxylic acids is 2. The molecule has 0 saturated carbocycles. The van der Waals surface area contributed by atoms with E-state index >= 15 is 0 Å². The number of aromatic nitrogens is 2. The summed E-state index contributed by atoms with van der Waals surface area (Å²) in [6.45, 7) is 0. The molecule has 106 valence electrons. The van der Waals surface area contributed by atoms with Crippen molar-refractivity contribution in [3.63, 3.8) is 0 Å². The van der Waals surface area contributed by atoms with Crippen molar-refractivity contribution < 1.29 is 28.2 Å². The van der Waals surface area contributed by atoms with Gasteiger partial charge in [0.25, 0.3) is 10.0 Å². The summed E-state index contributed by atoms with van der Waals surface area (Å²) in [5, 5.41) is 20.8. The molecule has 1 aromatic heterocycles. The number of aliphatic carboxylic acids is 2. The minimum atomic E-state index is -4.06. The molecule has 1 unspecified atom stereocenters. The van der Waals surface area contributed by atoms with Crippen LogP contribution in [0.4, 0.5) is 0 Å². The van der Waals surface area contributed by atoms with Gasteiger partial charge in [-0.2, -0.15) is 9.82 Å². The van der Waals surface area contributed by atoms with Gasteiger partial charge in [-0.1, -0.05) is 0 Å². The number of hydrogen-bond acceptors (Lipinski definition) is 5. The van der Waals surface area contributed by atoms with E-state index in [0.29, 0.717) is 0 Å². The summed E-state index contributed by atoms with van der Waals surface area (Å²) < 4.78 is 26.8. The van der Waals surface area contributed by atoms with Crippen LogP contribution in [0.25, 0.3) is 0 Å². The lowest BCUT2D eigenvalue weighted by atomic mass is 10.2. The molecule has 1 aromatic rings. The van der Waals surface area contributed by atoms with Gasteiger partial charge in [-0.25, -0.2) is 8.42 Å². The third-order valence-corrected chi connectivity index (χ3v) is 3.84. The molecule has 3 N–H and O–H groups in total. The number of nitrogens with one attached hydrogen (secondary N) is 1. The minimum Gasteiger partial charge on any atom is -0.481 e. The van der Waals surface area contributed by atoms with E-state index in [1.54, 1.807) is 0 Å². The maximum Gasteiger partial charge on any atom is 0.321 e. The van der Waals surface area contributed by atoms with E-state index in [-0.39, 0.29) is 11.4 Å². The quantitative estimate of drug-likeness (QED) is 0.586. The molecule has 0 aliphatic carbocycles. The highest BCUT2D eigenvalue weighted by molar-refractivity contribution is 7.89. The summed E-state index contributed by atoms with van der Waals surface area (Å²) in [4.78, 5) is 21.3. The van der Waals surface area contributed by atoms with Gasteiger partial charge in [-0.05, 0) is 12.5 Å². The first-order valence-electron chi connectivity index (χ1n) is 5.19. The number of carbonyl (C=O) groups is 2. The normalized spacial score (nSPS) is 13.1. The molecule has 0 aliphatic rings. The lowest BCUT2D eigenvalue weighted by Crippen LogP contribution is -2.41. The van der Waals surface area contributed by atoms with E-state index in [2.05, 4.69) is 5.10 Å². The molecule has 0 spiro atoms. The first-order chi connectivity index (χ1) is 8.74. The smallest absolute Gasteiger partial charge is 0.321 e. The molecule has 10 heteroatoms. The molecular weight excluding hydrogens is 278 g/mol. The van der Waals surface area contributed by atoms with Crippen LogP contribution in [0.3, 0.4) is 0 Å². The van der Waals surface area contributed by atoms with Crippen LogP contribution in [0.1, 0.15) is 12.8 Å². The Balaban J connectivity index is 2.87. The Kier molecular flexibility index (Phi) is 4.62. The lowest BCUT2D eigenvalue weighted by molar-refractivity contribution is -0.140. The number of aryl methyl sites for hydroxylation is 1. The van der Waals surface area contributed by atoms with Crippen LogP contribution in [0.15, 0.2) is 17.3 Å². The molecule has 19 heavy (non-hydrogen) atoms. The zero-order valence-electron chi connectivity index (χ0n) is 9.98. The second-order valence-corrected chi connectivity index (χ2v) is 5.40. The molecule has 0 amide bonds. The van der Waals surface area contributed by atoms with Crippen molar-refractivity contribution in [3.8, 4) is 0 Å². The largest absolute Gasteiger partial charge is 0.481 e. The molecule has 1 heterocycles. The van der Waals surface area contributed by atoms with Gasteiger partial charge in [0.1, 0.15) is 6.04 Å². The predicted molar refractivity (Wildman–Crippen MR) is 61.8 cm³/mol. The second kappa shape index (κ2) is 5.80. The molecule has 9 nitrogen and oxygen atoms in total. The van der Waals surface area contributed by atoms with Crippen molar-refractivity contribution in [2.24, 2.45) is 7.05 Å². The third-order valence-electron chi connectivity index (χ3n) is 2.29. The van der Waals surface area contributed by atoms with Gasteiger partial charge >= 0.3 is 11.9 Å². The highest BCUT2D eigenvalue weighted by Gasteiger charge is 2.27. The Bertz CT molecular complexity index is 579. The molecule has 0 bridgehead atoms. The zero-order chi connectivity index (χ0) is 14.6. The number of hydrogen-bond donors (Lipinski definition) is 3. The lowest BCUT2D eigenvalue weighted by Gasteiger charge is -2.13. The van der Waals surface area contributed by atoms with Crippen molar-refractivity contribution >= 4 is 22.0 Å². The van der Waals surface area contributed by atoms with Crippen molar-refractivity contribution in [3.05, 3.63) is 12.3 Å². The van der Waals surface area contributed by atoms with Crippen LogP contribution in [-0.4, -0.2) is 46.4 Å². The van der Waals surface area contributed by atoms with Crippen LogP contribution in [0.2, 0.25) is 0 Å². The molecule has 0 radical (unpaired) electrons. The fraction of sp³-hybridized carbons (Fsp3) is 0.444. The fourth-order valence-electron chi connectivity index (χ4n) is 1.37. The van der Waals surface area contributed by atoms with Gasteiger partial charge in [-0.15, -0.1) is 0 Å². The van der Waals surface area contributed by atoms with Crippen LogP contribution in [0, 0.1) is 0 Å². The van der Waals surface area contributed by atoms with Crippen molar-refractivity contribution in [2.45, 2.75) is 23.9 Å². The van der Waals surface area contributed by atoms with Gasteiger partial charge in [-0.3, -0.25) is 14.3 Å². The Labute approximate surface area is 108 Å². The van der Waals surface area contributed by atoms with Crippen molar-refractivity contribution in [2.75, 3.05) is 0 Å². The average molecular weight is 291 g/mol. The third kappa shape index (κ3) is 4.03. The molecule has 1 rings (SSSR count). The van der Waals surface area contributed by atoms with Crippen LogP contribution < -0.4 is 4.72 Å². The Morgan fingerprint density at radius 1 is 1.47 bits per heavy atom. The predicted octanol–water partition coefficient (Wildman–Crippen LogP) is -0.984. The number of rotatable bonds is 7. The summed E-state index contributed by atoms with van der Waals surface area (Å²) >= 11 is 0. The number of carboxylic acid groups (broad SMARTS) is 2. The monoisotopic (exact) mass is 291 g/mol. The Hall–Kier alpha value is -1.94. The topological polar surface area (TPSA) is 139 Å². The van der Waals surface area contributed by atoms with E-state index in [9.17, 15) is 18.0 Å². The fourth-order valence-corrected chi connectivity index (χ4v) is 2.72. The zero-order valence-corrected chi connectivity index (χ0v) is 10.8. The summed E-state index contributed by atoms with van der Waals surface area (Å²) in [5.74, 6) is -2.64. The minimum absolute atomic E-state index is 0.200. The molecule has 0 aromatic carbocycles. The molecular formula is C9H13N3O6S. The maximum atomic E-state index is 11.9. The first kappa shape index (κ1) is 15.1. The number of nitrogens with zero attached hydrogens (tertiary/aromatic N) is 2. The van der Waals surface area contributed by atoms with Crippen molar-refractivity contribution in [1.29, 1.82) is 0 Å². The number of sulfonamides is 1. The maximum absolute atomic E-state index is 11.9. The SMILES string of the molecule is Cn1nccc1S(=O)(=O)NC(CCC(=O)O)C(=O)O.